The molecule has 1 aromatic heterocycles. The first-order valence-corrected chi connectivity index (χ1v) is 7.96. The Morgan fingerprint density at radius 2 is 2.08 bits per heavy atom. The number of halogens is 1. The molecule has 0 aliphatic heterocycles. The molecule has 1 aromatic carbocycles. The lowest BCUT2D eigenvalue weighted by Crippen LogP contribution is -2.41. The van der Waals surface area contributed by atoms with Crippen LogP contribution in [0.1, 0.15) is 20.3 Å². The second kappa shape index (κ2) is 8.81. The molecule has 3 amide bonds. The number of nitrogens with one attached hydrogen (secondary N) is 2. The smallest absolute Gasteiger partial charge is 0.322 e. The number of urea groups is 1. The van der Waals surface area contributed by atoms with Gasteiger partial charge in [0.25, 0.3) is 0 Å². The van der Waals surface area contributed by atoms with Gasteiger partial charge in [0.15, 0.2) is 5.82 Å². The summed E-state index contributed by atoms with van der Waals surface area (Å²) in [6.07, 6.45) is 2.07. The van der Waals surface area contributed by atoms with Crippen LogP contribution in [0.5, 0.6) is 0 Å². The molecule has 2 rings (SSSR count). The zero-order valence-electron chi connectivity index (χ0n) is 14.2. The van der Waals surface area contributed by atoms with Gasteiger partial charge in [0, 0.05) is 18.3 Å². The third-order valence-electron chi connectivity index (χ3n) is 3.38. The Hall–Kier alpha value is -2.90. The highest BCUT2D eigenvalue weighted by molar-refractivity contribution is 5.96. The topological polar surface area (TPSA) is 87.5 Å². The molecule has 0 spiro atoms. The van der Waals surface area contributed by atoms with E-state index in [1.807, 2.05) is 13.8 Å². The zero-order chi connectivity index (χ0) is 18.2. The molecule has 0 saturated carbocycles. The summed E-state index contributed by atoms with van der Waals surface area (Å²) in [4.78, 5) is 25.9. The molecule has 0 radical (unpaired) electrons. The summed E-state index contributed by atoms with van der Waals surface area (Å²) in [5, 5.41) is 8.74. The average Bonchev–Trinajstić information content (AvgIpc) is 3.04. The molecule has 0 aliphatic carbocycles. The fourth-order valence-corrected chi connectivity index (χ4v) is 2.07. The molecular formula is C17H21FN4O3. The Morgan fingerprint density at radius 1 is 1.28 bits per heavy atom. The first kappa shape index (κ1) is 18.4. The number of amides is 3. The number of hydrogen-bond donors (Lipinski definition) is 2. The van der Waals surface area contributed by atoms with Crippen LogP contribution in [0.25, 0.3) is 0 Å². The van der Waals surface area contributed by atoms with Crippen molar-refractivity contribution in [2.75, 3.05) is 23.7 Å². The standard InChI is InChI=1S/C17H21FN4O3/c1-12(2)6-8-22(11-16(23)20-15-7-9-25-21-15)17(24)19-14-5-3-4-13(18)10-14/h3-5,7,9-10,12H,6,8,11H2,1-2H3,(H,19,24)(H,20,21,23). The average molecular weight is 348 g/mol. The van der Waals surface area contributed by atoms with Crippen molar-refractivity contribution in [3.63, 3.8) is 0 Å². The summed E-state index contributed by atoms with van der Waals surface area (Å²) in [5.41, 5.74) is 0.330. The molecule has 134 valence electrons. The third-order valence-corrected chi connectivity index (χ3v) is 3.38. The summed E-state index contributed by atoms with van der Waals surface area (Å²) in [7, 11) is 0. The molecule has 0 atom stereocenters. The van der Waals surface area contributed by atoms with E-state index in [2.05, 4.69) is 20.3 Å². The monoisotopic (exact) mass is 348 g/mol. The first-order valence-electron chi connectivity index (χ1n) is 7.96. The number of aromatic nitrogens is 1. The van der Waals surface area contributed by atoms with Gasteiger partial charge in [-0.2, -0.15) is 0 Å². The number of hydrogen-bond acceptors (Lipinski definition) is 4. The number of carbonyl (C=O) groups is 2. The summed E-state index contributed by atoms with van der Waals surface area (Å²) < 4.78 is 17.9. The molecule has 7 nitrogen and oxygen atoms in total. The zero-order valence-corrected chi connectivity index (χ0v) is 14.2. The first-order chi connectivity index (χ1) is 11.9. The van der Waals surface area contributed by atoms with Gasteiger partial charge in [0.05, 0.1) is 0 Å². The van der Waals surface area contributed by atoms with E-state index >= 15 is 0 Å². The Morgan fingerprint density at radius 3 is 2.72 bits per heavy atom. The van der Waals surface area contributed by atoms with E-state index in [1.54, 1.807) is 6.07 Å². The fraction of sp³-hybridized carbons (Fsp3) is 0.353. The van der Waals surface area contributed by atoms with Crippen LogP contribution < -0.4 is 10.6 Å². The van der Waals surface area contributed by atoms with Gasteiger partial charge in [-0.15, -0.1) is 0 Å². The minimum atomic E-state index is -0.471. The van der Waals surface area contributed by atoms with Crippen molar-refractivity contribution in [1.82, 2.24) is 10.1 Å². The SMILES string of the molecule is CC(C)CCN(CC(=O)Nc1ccon1)C(=O)Nc1cccc(F)c1. The fourth-order valence-electron chi connectivity index (χ4n) is 2.07. The highest BCUT2D eigenvalue weighted by Crippen LogP contribution is 2.11. The van der Waals surface area contributed by atoms with Gasteiger partial charge in [-0.25, -0.2) is 9.18 Å². The van der Waals surface area contributed by atoms with Gasteiger partial charge < -0.3 is 20.1 Å². The van der Waals surface area contributed by atoms with Crippen LogP contribution >= 0.6 is 0 Å². The van der Waals surface area contributed by atoms with E-state index in [-0.39, 0.29) is 12.4 Å². The molecule has 2 aromatic rings. The van der Waals surface area contributed by atoms with Crippen molar-refractivity contribution in [2.24, 2.45) is 5.92 Å². The second-order valence-corrected chi connectivity index (χ2v) is 5.98. The maximum Gasteiger partial charge on any atom is 0.322 e. The maximum absolute atomic E-state index is 13.2. The van der Waals surface area contributed by atoms with Crippen molar-refractivity contribution < 1.29 is 18.5 Å². The van der Waals surface area contributed by atoms with Crippen LogP contribution in [-0.4, -0.2) is 35.1 Å². The summed E-state index contributed by atoms with van der Waals surface area (Å²) in [6, 6.07) is 6.62. The molecular weight excluding hydrogens is 327 g/mol. The Labute approximate surface area is 145 Å². The van der Waals surface area contributed by atoms with Crippen LogP contribution in [-0.2, 0) is 4.79 Å². The number of nitrogens with zero attached hydrogens (tertiary/aromatic N) is 2. The molecule has 0 aliphatic rings. The number of carbonyl (C=O) groups excluding carboxylic acids is 2. The summed E-state index contributed by atoms with van der Waals surface area (Å²) >= 11 is 0. The van der Waals surface area contributed by atoms with Gasteiger partial charge in [-0.3, -0.25) is 4.79 Å². The number of benzene rings is 1. The highest BCUT2D eigenvalue weighted by Gasteiger charge is 2.18. The van der Waals surface area contributed by atoms with E-state index in [0.29, 0.717) is 18.2 Å². The largest absolute Gasteiger partial charge is 0.363 e. The lowest BCUT2D eigenvalue weighted by molar-refractivity contribution is -0.116. The molecule has 25 heavy (non-hydrogen) atoms. The van der Waals surface area contributed by atoms with Gasteiger partial charge in [0.2, 0.25) is 5.91 Å². The lowest BCUT2D eigenvalue weighted by atomic mass is 10.1. The molecule has 2 N–H and O–H groups in total. The van der Waals surface area contributed by atoms with Crippen LogP contribution in [0.2, 0.25) is 0 Å². The van der Waals surface area contributed by atoms with E-state index in [4.69, 9.17) is 0 Å². The van der Waals surface area contributed by atoms with Gasteiger partial charge in [-0.05, 0) is 30.5 Å². The minimum Gasteiger partial charge on any atom is -0.363 e. The molecule has 8 heteroatoms. The lowest BCUT2D eigenvalue weighted by Gasteiger charge is -2.23. The molecule has 0 fully saturated rings. The normalized spacial score (nSPS) is 10.6. The molecule has 1 heterocycles. The minimum absolute atomic E-state index is 0.152. The quantitative estimate of drug-likeness (QED) is 0.803. The van der Waals surface area contributed by atoms with Gasteiger partial charge >= 0.3 is 6.03 Å². The predicted octanol–water partition coefficient (Wildman–Crippen LogP) is 3.33. The second-order valence-electron chi connectivity index (χ2n) is 5.98. The summed E-state index contributed by atoms with van der Waals surface area (Å²) in [6.45, 7) is 4.29. The van der Waals surface area contributed by atoms with E-state index in [9.17, 15) is 14.0 Å². The Balaban J connectivity index is 2.00. The Bertz CT molecular complexity index is 704. The summed E-state index contributed by atoms with van der Waals surface area (Å²) in [5.74, 6) is -0.204. The number of anilines is 2. The van der Waals surface area contributed by atoms with Crippen molar-refractivity contribution >= 4 is 23.4 Å². The molecule has 0 unspecified atom stereocenters. The van der Waals surface area contributed by atoms with Crippen LogP contribution in [0.15, 0.2) is 41.1 Å². The van der Waals surface area contributed by atoms with Crippen molar-refractivity contribution in [3.05, 3.63) is 42.4 Å². The predicted molar refractivity (Wildman–Crippen MR) is 91.6 cm³/mol. The molecule has 0 saturated heterocycles. The van der Waals surface area contributed by atoms with Crippen LogP contribution in [0, 0.1) is 11.7 Å². The Kier molecular flexibility index (Phi) is 6.50. The van der Waals surface area contributed by atoms with Crippen molar-refractivity contribution in [2.45, 2.75) is 20.3 Å². The van der Waals surface area contributed by atoms with Gasteiger partial charge in [-0.1, -0.05) is 25.1 Å². The highest BCUT2D eigenvalue weighted by atomic mass is 19.1. The van der Waals surface area contributed by atoms with Crippen LogP contribution in [0.3, 0.4) is 0 Å². The van der Waals surface area contributed by atoms with Crippen molar-refractivity contribution in [3.8, 4) is 0 Å². The molecule has 0 bridgehead atoms. The third kappa shape index (κ3) is 6.25. The van der Waals surface area contributed by atoms with Gasteiger partial charge in [0.1, 0.15) is 18.6 Å². The van der Waals surface area contributed by atoms with E-state index < -0.39 is 17.8 Å². The maximum atomic E-state index is 13.2. The number of rotatable bonds is 7. The van der Waals surface area contributed by atoms with E-state index in [0.717, 1.165) is 6.42 Å². The van der Waals surface area contributed by atoms with E-state index in [1.165, 1.54) is 35.4 Å². The van der Waals surface area contributed by atoms with Crippen molar-refractivity contribution in [1.29, 1.82) is 0 Å². The van der Waals surface area contributed by atoms with Crippen LogP contribution in [0.4, 0.5) is 20.7 Å².